The van der Waals surface area contributed by atoms with E-state index >= 15 is 0 Å². The largest absolute Gasteiger partial charge is 0.492 e. The molecule has 2 aromatic rings. The van der Waals surface area contributed by atoms with Crippen molar-refractivity contribution in [2.75, 3.05) is 6.61 Å². The Morgan fingerprint density at radius 2 is 2.06 bits per heavy atom. The van der Waals surface area contributed by atoms with Gasteiger partial charge in [-0.3, -0.25) is 9.36 Å². The van der Waals surface area contributed by atoms with Crippen LogP contribution in [0.25, 0.3) is 0 Å². The summed E-state index contributed by atoms with van der Waals surface area (Å²) in [4.78, 5) is 15.6. The maximum atomic E-state index is 11.6. The fraction of sp³-hybridized carbons (Fsp3) is 0.167. The molecule has 88 valence electrons. The quantitative estimate of drug-likeness (QED) is 0.867. The molecule has 0 fully saturated rings. The summed E-state index contributed by atoms with van der Waals surface area (Å²) in [5.74, 6) is 0.795. The molecule has 0 radical (unpaired) electrons. The van der Waals surface area contributed by atoms with Gasteiger partial charge in [0.25, 0.3) is 5.56 Å². The van der Waals surface area contributed by atoms with Gasteiger partial charge in [-0.25, -0.2) is 4.98 Å². The molecule has 4 nitrogen and oxygen atoms in total. The van der Waals surface area contributed by atoms with Crippen LogP contribution in [0.15, 0.2) is 52.1 Å². The van der Waals surface area contributed by atoms with Gasteiger partial charge in [-0.05, 0) is 28.1 Å². The average molecular weight is 295 g/mol. The molecule has 0 aliphatic carbocycles. The number of para-hydroxylation sites is 1. The first kappa shape index (κ1) is 11.9. The summed E-state index contributed by atoms with van der Waals surface area (Å²) in [7, 11) is 0. The maximum Gasteiger partial charge on any atom is 0.267 e. The Hall–Kier alpha value is -1.62. The number of hydrogen-bond acceptors (Lipinski definition) is 3. The number of ether oxygens (including phenoxy) is 1. The standard InChI is InChI=1S/C12H11BrN2O2/c13-11-8-14-9-15(12(11)16)6-7-17-10-4-2-1-3-5-10/h1-5,8-9H,6-7H2. The van der Waals surface area contributed by atoms with Crippen LogP contribution in [0, 0.1) is 0 Å². The third kappa shape index (κ3) is 3.17. The molecule has 1 aromatic heterocycles. The molecule has 0 atom stereocenters. The number of halogens is 1. The van der Waals surface area contributed by atoms with Gasteiger partial charge in [-0.15, -0.1) is 0 Å². The van der Waals surface area contributed by atoms with Crippen molar-refractivity contribution >= 4 is 15.9 Å². The molecule has 17 heavy (non-hydrogen) atoms. The maximum absolute atomic E-state index is 11.6. The van der Waals surface area contributed by atoms with Crippen LogP contribution in [-0.2, 0) is 6.54 Å². The number of hydrogen-bond donors (Lipinski definition) is 0. The van der Waals surface area contributed by atoms with Gasteiger partial charge in [0.05, 0.1) is 12.9 Å². The second kappa shape index (κ2) is 5.63. The van der Waals surface area contributed by atoms with E-state index < -0.39 is 0 Å². The van der Waals surface area contributed by atoms with Crippen molar-refractivity contribution in [1.82, 2.24) is 9.55 Å². The summed E-state index contributed by atoms with van der Waals surface area (Å²) in [6.07, 6.45) is 2.98. The van der Waals surface area contributed by atoms with Crippen LogP contribution in [0.1, 0.15) is 0 Å². The molecule has 0 unspecified atom stereocenters. The lowest BCUT2D eigenvalue weighted by Gasteiger charge is -2.07. The molecule has 0 aliphatic heterocycles. The summed E-state index contributed by atoms with van der Waals surface area (Å²) >= 11 is 3.15. The van der Waals surface area contributed by atoms with E-state index in [2.05, 4.69) is 20.9 Å². The molecular formula is C12H11BrN2O2. The minimum atomic E-state index is -0.100. The lowest BCUT2D eigenvalue weighted by molar-refractivity contribution is 0.295. The Balaban J connectivity index is 1.95. The Morgan fingerprint density at radius 1 is 1.29 bits per heavy atom. The van der Waals surface area contributed by atoms with Crippen LogP contribution >= 0.6 is 15.9 Å². The molecule has 1 aromatic carbocycles. The Kier molecular flexibility index (Phi) is 3.93. The highest BCUT2D eigenvalue weighted by molar-refractivity contribution is 9.10. The van der Waals surface area contributed by atoms with Gasteiger partial charge in [0.15, 0.2) is 0 Å². The van der Waals surface area contributed by atoms with E-state index in [1.54, 1.807) is 0 Å². The monoisotopic (exact) mass is 294 g/mol. The predicted octanol–water partition coefficient (Wildman–Crippen LogP) is 2.08. The van der Waals surface area contributed by atoms with E-state index in [1.807, 2.05) is 30.3 Å². The molecular weight excluding hydrogens is 284 g/mol. The van der Waals surface area contributed by atoms with Crippen LogP contribution < -0.4 is 10.3 Å². The van der Waals surface area contributed by atoms with Crippen molar-refractivity contribution in [3.8, 4) is 5.75 Å². The smallest absolute Gasteiger partial charge is 0.267 e. The topological polar surface area (TPSA) is 44.1 Å². The lowest BCUT2D eigenvalue weighted by Crippen LogP contribution is -2.23. The molecule has 0 saturated heterocycles. The zero-order chi connectivity index (χ0) is 12.1. The first-order valence-electron chi connectivity index (χ1n) is 5.15. The van der Waals surface area contributed by atoms with Crippen molar-refractivity contribution in [1.29, 1.82) is 0 Å². The van der Waals surface area contributed by atoms with Crippen LogP contribution in [0.3, 0.4) is 0 Å². The SMILES string of the molecule is O=c1c(Br)cncn1CCOc1ccccc1. The summed E-state index contributed by atoms with van der Waals surface area (Å²) in [6, 6.07) is 9.49. The molecule has 0 aliphatic rings. The molecule has 5 heteroatoms. The van der Waals surface area contributed by atoms with Crippen molar-refractivity contribution in [3.63, 3.8) is 0 Å². The Labute approximate surface area is 107 Å². The van der Waals surface area contributed by atoms with E-state index in [1.165, 1.54) is 17.1 Å². The second-order valence-corrected chi connectivity index (χ2v) is 4.26. The minimum absolute atomic E-state index is 0.100. The van der Waals surface area contributed by atoms with Gasteiger partial charge >= 0.3 is 0 Å². The molecule has 0 bridgehead atoms. The van der Waals surface area contributed by atoms with Gasteiger partial charge < -0.3 is 4.74 Å². The zero-order valence-corrected chi connectivity index (χ0v) is 10.6. The summed E-state index contributed by atoms with van der Waals surface area (Å²) in [5.41, 5.74) is -0.100. The number of benzene rings is 1. The highest BCUT2D eigenvalue weighted by Crippen LogP contribution is 2.07. The van der Waals surface area contributed by atoms with E-state index in [0.717, 1.165) is 5.75 Å². The van der Waals surface area contributed by atoms with Gasteiger partial charge in [0.2, 0.25) is 0 Å². The summed E-state index contributed by atoms with van der Waals surface area (Å²) in [5, 5.41) is 0. The molecule has 0 amide bonds. The summed E-state index contributed by atoms with van der Waals surface area (Å²) in [6.45, 7) is 0.905. The molecule has 0 saturated carbocycles. The molecule has 0 spiro atoms. The van der Waals surface area contributed by atoms with E-state index in [9.17, 15) is 4.79 Å². The second-order valence-electron chi connectivity index (χ2n) is 3.40. The van der Waals surface area contributed by atoms with E-state index in [-0.39, 0.29) is 5.56 Å². The van der Waals surface area contributed by atoms with Crippen molar-refractivity contribution in [3.05, 3.63) is 57.7 Å². The molecule has 1 heterocycles. The fourth-order valence-electron chi connectivity index (χ4n) is 1.36. The number of nitrogens with zero attached hydrogens (tertiary/aromatic N) is 2. The Morgan fingerprint density at radius 3 is 2.82 bits per heavy atom. The van der Waals surface area contributed by atoms with E-state index in [0.29, 0.717) is 17.6 Å². The average Bonchev–Trinajstić information content (AvgIpc) is 2.36. The lowest BCUT2D eigenvalue weighted by atomic mass is 10.3. The number of aromatic nitrogens is 2. The van der Waals surface area contributed by atoms with Crippen molar-refractivity contribution in [2.45, 2.75) is 6.54 Å². The van der Waals surface area contributed by atoms with E-state index in [4.69, 9.17) is 4.74 Å². The predicted molar refractivity (Wildman–Crippen MR) is 68.1 cm³/mol. The van der Waals surface area contributed by atoms with Crippen molar-refractivity contribution < 1.29 is 4.74 Å². The molecule has 0 N–H and O–H groups in total. The van der Waals surface area contributed by atoms with Crippen LogP contribution in [0.5, 0.6) is 5.75 Å². The Bertz CT molecular complexity index is 540. The third-order valence-electron chi connectivity index (χ3n) is 2.20. The van der Waals surface area contributed by atoms with Crippen molar-refractivity contribution in [2.24, 2.45) is 0 Å². The molecule has 2 rings (SSSR count). The normalized spacial score (nSPS) is 10.2. The highest BCUT2D eigenvalue weighted by Gasteiger charge is 2.00. The zero-order valence-electron chi connectivity index (χ0n) is 9.04. The first-order chi connectivity index (χ1) is 8.27. The van der Waals surface area contributed by atoms with Gasteiger partial charge in [0.1, 0.15) is 16.8 Å². The van der Waals surface area contributed by atoms with Gasteiger partial charge in [-0.1, -0.05) is 18.2 Å². The highest BCUT2D eigenvalue weighted by atomic mass is 79.9. The number of rotatable bonds is 4. The van der Waals surface area contributed by atoms with Crippen LogP contribution in [0.2, 0.25) is 0 Å². The first-order valence-corrected chi connectivity index (χ1v) is 5.94. The van der Waals surface area contributed by atoms with Crippen LogP contribution in [-0.4, -0.2) is 16.2 Å². The summed E-state index contributed by atoms with van der Waals surface area (Å²) < 4.78 is 7.47. The third-order valence-corrected chi connectivity index (χ3v) is 2.75. The minimum Gasteiger partial charge on any atom is -0.492 e. The fourth-order valence-corrected chi connectivity index (χ4v) is 1.71. The van der Waals surface area contributed by atoms with Gasteiger partial charge in [-0.2, -0.15) is 0 Å². The van der Waals surface area contributed by atoms with Gasteiger partial charge in [0, 0.05) is 6.20 Å². The van der Waals surface area contributed by atoms with Crippen LogP contribution in [0.4, 0.5) is 0 Å².